The van der Waals surface area contributed by atoms with Gasteiger partial charge in [0, 0.05) is 18.0 Å². The van der Waals surface area contributed by atoms with Gasteiger partial charge in [0.2, 0.25) is 11.7 Å². The van der Waals surface area contributed by atoms with E-state index in [-0.39, 0.29) is 23.8 Å². The second-order valence-electron chi connectivity index (χ2n) is 6.82. The molecule has 0 aliphatic heterocycles. The Hall–Kier alpha value is -4.01. The Morgan fingerprint density at radius 1 is 1.15 bits per heavy atom. The van der Waals surface area contributed by atoms with E-state index >= 15 is 0 Å². The molecule has 0 aliphatic rings. The molecule has 1 aromatic carbocycles. The highest BCUT2D eigenvalue weighted by Crippen LogP contribution is 2.31. The van der Waals surface area contributed by atoms with E-state index in [9.17, 15) is 31.5 Å². The summed E-state index contributed by atoms with van der Waals surface area (Å²) in [5, 5.41) is 24.1. The number of aromatic nitrogens is 7. The van der Waals surface area contributed by atoms with Crippen molar-refractivity contribution >= 4 is 9.84 Å². The quantitative estimate of drug-likeness (QED) is 0.436. The Bertz CT molecular complexity index is 1470. The van der Waals surface area contributed by atoms with Gasteiger partial charge < -0.3 is 5.11 Å². The van der Waals surface area contributed by atoms with Crippen LogP contribution in [0, 0.1) is 6.92 Å². The van der Waals surface area contributed by atoms with Crippen molar-refractivity contribution < 1.29 is 26.7 Å². The zero-order chi connectivity index (χ0) is 24.0. The summed E-state index contributed by atoms with van der Waals surface area (Å²) in [6.07, 6.45) is 2.98. The van der Waals surface area contributed by atoms with Crippen molar-refractivity contribution in [1.29, 1.82) is 0 Å². The average Bonchev–Trinajstić information content (AvgIpc) is 3.37. The van der Waals surface area contributed by atoms with E-state index in [4.69, 9.17) is 0 Å². The van der Waals surface area contributed by atoms with Gasteiger partial charge in [0.15, 0.2) is 0 Å². The van der Waals surface area contributed by atoms with Crippen LogP contribution in [0.5, 0.6) is 5.88 Å². The number of alkyl halides is 3. The first-order valence-electron chi connectivity index (χ1n) is 9.12. The van der Waals surface area contributed by atoms with Gasteiger partial charge in [0.1, 0.15) is 0 Å². The molecular formula is C18H14F3N7O4S. The lowest BCUT2D eigenvalue weighted by Gasteiger charge is -2.09. The van der Waals surface area contributed by atoms with Crippen LogP contribution in [0.2, 0.25) is 0 Å². The van der Waals surface area contributed by atoms with Crippen molar-refractivity contribution in [3.63, 3.8) is 0 Å². The van der Waals surface area contributed by atoms with Gasteiger partial charge in [-0.25, -0.2) is 17.8 Å². The molecule has 0 saturated carbocycles. The number of hydrogen-bond donors (Lipinski definition) is 2. The first-order chi connectivity index (χ1) is 15.5. The number of pyridine rings is 1. The van der Waals surface area contributed by atoms with Crippen molar-refractivity contribution in [3.05, 3.63) is 64.5 Å². The highest BCUT2D eigenvalue weighted by atomic mass is 32.2. The van der Waals surface area contributed by atoms with Crippen LogP contribution in [0.4, 0.5) is 13.2 Å². The molecule has 0 amide bonds. The van der Waals surface area contributed by atoms with Gasteiger partial charge in [-0.1, -0.05) is 0 Å². The maximum Gasteiger partial charge on any atom is 0.501 e. The zero-order valence-corrected chi connectivity index (χ0v) is 17.5. The molecule has 0 fully saturated rings. The molecule has 0 radical (unpaired) electrons. The van der Waals surface area contributed by atoms with Crippen LogP contribution < -0.4 is 5.69 Å². The van der Waals surface area contributed by atoms with Crippen LogP contribution in [0.1, 0.15) is 11.3 Å². The summed E-state index contributed by atoms with van der Waals surface area (Å²) in [4.78, 5) is 16.1. The Balaban J connectivity index is 1.75. The Labute approximate surface area is 183 Å². The van der Waals surface area contributed by atoms with Crippen LogP contribution in [-0.4, -0.2) is 53.8 Å². The lowest BCUT2D eigenvalue weighted by atomic mass is 10.1. The molecule has 0 saturated heterocycles. The van der Waals surface area contributed by atoms with Crippen LogP contribution in [0.25, 0.3) is 17.1 Å². The minimum absolute atomic E-state index is 0.0157. The molecule has 4 rings (SSSR count). The van der Waals surface area contributed by atoms with Gasteiger partial charge in [0.25, 0.3) is 9.84 Å². The number of imidazole rings is 1. The van der Waals surface area contributed by atoms with Gasteiger partial charge in [-0.2, -0.15) is 18.4 Å². The second-order valence-corrected chi connectivity index (χ2v) is 8.77. The topological polar surface area (TPSA) is 149 Å². The second kappa shape index (κ2) is 7.84. The predicted molar refractivity (Wildman–Crippen MR) is 106 cm³/mol. The number of hydrogen-bond acceptors (Lipinski definition) is 8. The van der Waals surface area contributed by atoms with Gasteiger partial charge >= 0.3 is 11.2 Å². The molecule has 172 valence electrons. The summed E-state index contributed by atoms with van der Waals surface area (Å²) in [6, 6.07) is 5.06. The van der Waals surface area contributed by atoms with Crippen molar-refractivity contribution in [1.82, 2.24) is 34.7 Å². The van der Waals surface area contributed by atoms with E-state index in [0.717, 1.165) is 16.7 Å². The number of nitrogens with zero attached hydrogens (tertiary/aromatic N) is 6. The maximum atomic E-state index is 13.1. The number of aromatic hydroxyl groups is 1. The third-order valence-corrected chi connectivity index (χ3v) is 6.40. The fourth-order valence-electron chi connectivity index (χ4n) is 3.17. The van der Waals surface area contributed by atoms with E-state index < -0.39 is 31.8 Å². The summed E-state index contributed by atoms with van der Waals surface area (Å²) in [7, 11) is -5.55. The molecule has 0 aliphatic carbocycles. The van der Waals surface area contributed by atoms with E-state index in [1.807, 2.05) is 0 Å². The highest BCUT2D eigenvalue weighted by Gasteiger charge is 2.46. The normalized spacial score (nSPS) is 12.2. The van der Waals surface area contributed by atoms with Crippen molar-refractivity contribution in [2.75, 3.05) is 0 Å². The maximum absolute atomic E-state index is 13.1. The summed E-state index contributed by atoms with van der Waals surface area (Å²) in [5.41, 5.74) is -4.94. The molecule has 3 aromatic heterocycles. The largest absolute Gasteiger partial charge is 0.501 e. The number of aromatic amines is 1. The van der Waals surface area contributed by atoms with Gasteiger partial charge in [0.05, 0.1) is 22.8 Å². The summed E-state index contributed by atoms with van der Waals surface area (Å²) in [6.45, 7) is 1.46. The van der Waals surface area contributed by atoms with Crippen LogP contribution in [0.3, 0.4) is 0 Å². The van der Waals surface area contributed by atoms with Gasteiger partial charge in [-0.3, -0.25) is 9.55 Å². The van der Waals surface area contributed by atoms with Crippen molar-refractivity contribution in [3.8, 4) is 23.0 Å². The molecule has 4 aromatic rings. The number of rotatable bonds is 5. The van der Waals surface area contributed by atoms with Crippen molar-refractivity contribution in [2.45, 2.75) is 23.9 Å². The average molecular weight is 481 g/mol. The van der Waals surface area contributed by atoms with Gasteiger partial charge in [-0.05, 0) is 48.0 Å². The van der Waals surface area contributed by atoms with E-state index in [2.05, 4.69) is 25.6 Å². The fourth-order valence-corrected chi connectivity index (χ4v) is 3.93. The van der Waals surface area contributed by atoms with Crippen LogP contribution >= 0.6 is 0 Å². The highest BCUT2D eigenvalue weighted by molar-refractivity contribution is 7.92. The number of halogens is 3. The molecule has 15 heteroatoms. The monoisotopic (exact) mass is 481 g/mol. The summed E-state index contributed by atoms with van der Waals surface area (Å²) in [5.74, 6) is -0.212. The molecular weight excluding hydrogens is 467 g/mol. The molecule has 0 spiro atoms. The molecule has 0 bridgehead atoms. The number of tetrazole rings is 1. The summed E-state index contributed by atoms with van der Waals surface area (Å²) < 4.78 is 63.5. The molecule has 2 N–H and O–H groups in total. The number of nitrogens with one attached hydrogen (secondary N) is 1. The Kier molecular flexibility index (Phi) is 5.27. The zero-order valence-electron chi connectivity index (χ0n) is 16.6. The molecule has 3 heterocycles. The Morgan fingerprint density at radius 3 is 2.45 bits per heavy atom. The first kappa shape index (κ1) is 22.2. The molecule has 33 heavy (non-hydrogen) atoms. The van der Waals surface area contributed by atoms with Crippen molar-refractivity contribution in [2.24, 2.45) is 0 Å². The predicted octanol–water partition coefficient (Wildman–Crippen LogP) is 1.57. The van der Waals surface area contributed by atoms with Crippen LogP contribution in [-0.2, 0) is 16.4 Å². The molecule has 0 unspecified atom stereocenters. The van der Waals surface area contributed by atoms with E-state index in [1.165, 1.54) is 23.9 Å². The smallest absolute Gasteiger partial charge is 0.493 e. The lowest BCUT2D eigenvalue weighted by Crippen LogP contribution is -2.25. The SMILES string of the molecule is Cc1c(O)n(-c2ccc(S(=O)(=O)C(F)(F)F)cc2)c(=O)n1Cc1ccncc1-c1nn[nH]n1. The lowest BCUT2D eigenvalue weighted by molar-refractivity contribution is -0.0436. The number of sulfone groups is 1. The first-order valence-corrected chi connectivity index (χ1v) is 10.6. The molecule has 11 nitrogen and oxygen atoms in total. The summed E-state index contributed by atoms with van der Waals surface area (Å²) >= 11 is 0. The minimum atomic E-state index is -5.55. The number of H-pyrrole nitrogens is 1. The molecule has 0 atom stereocenters. The third kappa shape index (κ3) is 3.75. The Morgan fingerprint density at radius 2 is 1.85 bits per heavy atom. The number of benzene rings is 1. The van der Waals surface area contributed by atoms with Gasteiger partial charge in [-0.15, -0.1) is 10.2 Å². The third-order valence-electron chi connectivity index (χ3n) is 4.90. The van der Waals surface area contributed by atoms with Crippen LogP contribution in [0.15, 0.2) is 52.4 Å². The standard InChI is InChI=1S/C18H14F3N7O4S/c1-10-16(29)28(12-2-4-13(5-3-12)33(31,32)18(19,20)21)17(30)27(10)9-11-6-7-22-8-14(11)15-23-25-26-24-15/h2-8,29H,9H2,1H3,(H,23,24,25,26). The fraction of sp³-hybridized carbons (Fsp3) is 0.167. The van der Waals surface area contributed by atoms with E-state index in [1.54, 1.807) is 6.07 Å². The van der Waals surface area contributed by atoms with E-state index in [0.29, 0.717) is 23.3 Å². The minimum Gasteiger partial charge on any atom is -0.493 e.